The molecule has 18 heavy (non-hydrogen) atoms. The number of hydrogen-bond donors (Lipinski definition) is 2. The van der Waals surface area contributed by atoms with Gasteiger partial charge in [0.1, 0.15) is 0 Å². The molecular weight excluding hydrogens is 222 g/mol. The molecule has 0 aliphatic heterocycles. The Balaban J connectivity index is 2.54. The molecule has 0 radical (unpaired) electrons. The molecule has 102 valence electrons. The topological polar surface area (TPSA) is 32.3 Å². The summed E-state index contributed by atoms with van der Waals surface area (Å²) in [6, 6.07) is 8.31. The van der Waals surface area contributed by atoms with Gasteiger partial charge in [0, 0.05) is 6.54 Å². The maximum atomic E-state index is 10.1. The molecule has 2 nitrogen and oxygen atoms in total. The Bertz CT molecular complexity index is 347. The van der Waals surface area contributed by atoms with Crippen molar-refractivity contribution in [3.8, 4) is 0 Å². The molecule has 0 aliphatic carbocycles. The minimum Gasteiger partial charge on any atom is -0.387 e. The monoisotopic (exact) mass is 249 g/mol. The van der Waals surface area contributed by atoms with E-state index in [-0.39, 0.29) is 0 Å². The number of rotatable bonds is 7. The van der Waals surface area contributed by atoms with Crippen molar-refractivity contribution < 1.29 is 5.11 Å². The molecule has 0 fully saturated rings. The fourth-order valence-electron chi connectivity index (χ4n) is 2.03. The highest BCUT2D eigenvalue weighted by Gasteiger charge is 2.08. The third kappa shape index (κ3) is 5.65. The standard InChI is InChI=1S/C16H27NO/c1-12(2)8-14-6-5-7-15(9-14)16(18)11-17-10-13(3)4/h5-7,9,12-13,16-18H,8,10-11H2,1-4H3. The Labute approximate surface area is 111 Å². The molecule has 1 unspecified atom stereocenters. The molecule has 0 heterocycles. The molecule has 2 N–H and O–H groups in total. The summed E-state index contributed by atoms with van der Waals surface area (Å²) in [5, 5.41) is 13.4. The van der Waals surface area contributed by atoms with Gasteiger partial charge in [-0.05, 0) is 35.9 Å². The summed E-state index contributed by atoms with van der Waals surface area (Å²) in [6.07, 6.45) is 0.663. The Kier molecular flexibility index (Phi) is 6.37. The smallest absolute Gasteiger partial charge is 0.0914 e. The van der Waals surface area contributed by atoms with Crippen molar-refractivity contribution >= 4 is 0 Å². The van der Waals surface area contributed by atoms with Gasteiger partial charge < -0.3 is 10.4 Å². The van der Waals surface area contributed by atoms with Crippen LogP contribution >= 0.6 is 0 Å². The van der Waals surface area contributed by atoms with Gasteiger partial charge in [0.25, 0.3) is 0 Å². The Morgan fingerprint density at radius 2 is 1.78 bits per heavy atom. The summed E-state index contributed by atoms with van der Waals surface area (Å²) < 4.78 is 0. The van der Waals surface area contributed by atoms with Crippen molar-refractivity contribution in [2.24, 2.45) is 11.8 Å². The average Bonchev–Trinajstić information content (AvgIpc) is 2.27. The molecule has 0 spiro atoms. The van der Waals surface area contributed by atoms with Crippen LogP contribution in [0.15, 0.2) is 24.3 Å². The van der Waals surface area contributed by atoms with Crippen LogP contribution in [0.5, 0.6) is 0 Å². The van der Waals surface area contributed by atoms with Crippen molar-refractivity contribution in [3.63, 3.8) is 0 Å². The summed E-state index contributed by atoms with van der Waals surface area (Å²) in [7, 11) is 0. The largest absolute Gasteiger partial charge is 0.387 e. The Morgan fingerprint density at radius 1 is 1.06 bits per heavy atom. The molecule has 0 saturated heterocycles. The van der Waals surface area contributed by atoms with Gasteiger partial charge in [-0.2, -0.15) is 0 Å². The molecule has 0 bridgehead atoms. The van der Waals surface area contributed by atoms with Crippen LogP contribution in [-0.2, 0) is 6.42 Å². The first kappa shape index (κ1) is 15.2. The normalized spacial score (nSPS) is 13.3. The minimum atomic E-state index is -0.407. The van der Waals surface area contributed by atoms with Gasteiger partial charge in [-0.1, -0.05) is 52.0 Å². The van der Waals surface area contributed by atoms with E-state index < -0.39 is 6.10 Å². The van der Waals surface area contributed by atoms with E-state index in [9.17, 15) is 5.11 Å². The molecular formula is C16H27NO. The molecule has 0 saturated carbocycles. The van der Waals surface area contributed by atoms with Gasteiger partial charge in [0.2, 0.25) is 0 Å². The van der Waals surface area contributed by atoms with E-state index in [4.69, 9.17) is 0 Å². The molecule has 2 heteroatoms. The van der Waals surface area contributed by atoms with E-state index in [1.54, 1.807) is 0 Å². The zero-order valence-electron chi connectivity index (χ0n) is 12.1. The van der Waals surface area contributed by atoms with Crippen molar-refractivity contribution in [1.29, 1.82) is 0 Å². The predicted molar refractivity (Wildman–Crippen MR) is 77.7 cm³/mol. The lowest BCUT2D eigenvalue weighted by Gasteiger charge is -2.15. The zero-order valence-corrected chi connectivity index (χ0v) is 12.1. The number of aliphatic hydroxyl groups excluding tert-OH is 1. The first-order valence-corrected chi connectivity index (χ1v) is 6.96. The summed E-state index contributed by atoms with van der Waals surface area (Å²) >= 11 is 0. The number of hydrogen-bond acceptors (Lipinski definition) is 2. The lowest BCUT2D eigenvalue weighted by atomic mass is 9.99. The third-order valence-corrected chi connectivity index (χ3v) is 2.87. The van der Waals surface area contributed by atoms with E-state index in [1.165, 1.54) is 5.56 Å². The van der Waals surface area contributed by atoms with Crippen molar-refractivity contribution in [2.45, 2.75) is 40.2 Å². The van der Waals surface area contributed by atoms with Gasteiger partial charge in [0.05, 0.1) is 6.10 Å². The maximum absolute atomic E-state index is 10.1. The zero-order chi connectivity index (χ0) is 13.5. The molecule has 1 aromatic rings. The molecule has 0 amide bonds. The van der Waals surface area contributed by atoms with Crippen molar-refractivity contribution in [2.75, 3.05) is 13.1 Å². The highest BCUT2D eigenvalue weighted by molar-refractivity contribution is 5.25. The fraction of sp³-hybridized carbons (Fsp3) is 0.625. The van der Waals surface area contributed by atoms with Crippen molar-refractivity contribution in [1.82, 2.24) is 5.32 Å². The summed E-state index contributed by atoms with van der Waals surface area (Å²) in [6.45, 7) is 10.3. The lowest BCUT2D eigenvalue weighted by molar-refractivity contribution is 0.173. The predicted octanol–water partition coefficient (Wildman–Crippen LogP) is 3.16. The first-order valence-electron chi connectivity index (χ1n) is 6.96. The van der Waals surface area contributed by atoms with Gasteiger partial charge >= 0.3 is 0 Å². The Morgan fingerprint density at radius 3 is 2.39 bits per heavy atom. The highest BCUT2D eigenvalue weighted by Crippen LogP contribution is 2.16. The second-order valence-electron chi connectivity index (χ2n) is 5.91. The molecule has 0 aliphatic rings. The van der Waals surface area contributed by atoms with Crippen LogP contribution < -0.4 is 5.32 Å². The van der Waals surface area contributed by atoms with Crippen LogP contribution in [0, 0.1) is 11.8 Å². The van der Waals surface area contributed by atoms with Gasteiger partial charge in [-0.3, -0.25) is 0 Å². The molecule has 0 aromatic heterocycles. The van der Waals surface area contributed by atoms with Gasteiger partial charge in [-0.25, -0.2) is 0 Å². The summed E-state index contributed by atoms with van der Waals surface area (Å²) in [4.78, 5) is 0. The van der Waals surface area contributed by atoms with Crippen LogP contribution in [0.4, 0.5) is 0 Å². The van der Waals surface area contributed by atoms with Crippen LogP contribution in [0.25, 0.3) is 0 Å². The quantitative estimate of drug-likeness (QED) is 0.778. The van der Waals surface area contributed by atoms with E-state index in [0.29, 0.717) is 18.4 Å². The van der Waals surface area contributed by atoms with E-state index >= 15 is 0 Å². The van der Waals surface area contributed by atoms with Gasteiger partial charge in [-0.15, -0.1) is 0 Å². The SMILES string of the molecule is CC(C)CNCC(O)c1cccc(CC(C)C)c1. The van der Waals surface area contributed by atoms with Gasteiger partial charge in [0.15, 0.2) is 0 Å². The van der Waals surface area contributed by atoms with E-state index in [2.05, 4.69) is 45.1 Å². The van der Waals surface area contributed by atoms with Crippen LogP contribution in [0.3, 0.4) is 0 Å². The Hall–Kier alpha value is -0.860. The van der Waals surface area contributed by atoms with E-state index in [0.717, 1.165) is 18.5 Å². The number of benzene rings is 1. The average molecular weight is 249 g/mol. The highest BCUT2D eigenvalue weighted by atomic mass is 16.3. The van der Waals surface area contributed by atoms with Crippen LogP contribution in [-0.4, -0.2) is 18.2 Å². The van der Waals surface area contributed by atoms with Crippen LogP contribution in [0.2, 0.25) is 0 Å². The molecule has 1 rings (SSSR count). The van der Waals surface area contributed by atoms with Crippen LogP contribution in [0.1, 0.15) is 44.9 Å². The summed E-state index contributed by atoms with van der Waals surface area (Å²) in [5.74, 6) is 1.26. The fourth-order valence-corrected chi connectivity index (χ4v) is 2.03. The lowest BCUT2D eigenvalue weighted by Crippen LogP contribution is -2.25. The minimum absolute atomic E-state index is 0.407. The molecule has 1 atom stereocenters. The number of aliphatic hydroxyl groups is 1. The first-order chi connectivity index (χ1) is 8.49. The van der Waals surface area contributed by atoms with Crippen molar-refractivity contribution in [3.05, 3.63) is 35.4 Å². The summed E-state index contributed by atoms with van der Waals surface area (Å²) in [5.41, 5.74) is 2.33. The molecule has 1 aromatic carbocycles. The maximum Gasteiger partial charge on any atom is 0.0914 e. The second kappa shape index (κ2) is 7.55. The third-order valence-electron chi connectivity index (χ3n) is 2.87. The van der Waals surface area contributed by atoms with E-state index in [1.807, 2.05) is 12.1 Å². The number of nitrogens with one attached hydrogen (secondary N) is 1. The second-order valence-corrected chi connectivity index (χ2v) is 5.91.